The van der Waals surface area contributed by atoms with E-state index in [4.69, 9.17) is 5.73 Å². The van der Waals surface area contributed by atoms with Crippen LogP contribution in [-0.2, 0) is 6.54 Å². The van der Waals surface area contributed by atoms with E-state index in [9.17, 15) is 4.39 Å². The van der Waals surface area contributed by atoms with Gasteiger partial charge in [0.25, 0.3) is 0 Å². The fourth-order valence-electron chi connectivity index (χ4n) is 2.18. The van der Waals surface area contributed by atoms with Gasteiger partial charge in [-0.2, -0.15) is 0 Å². The van der Waals surface area contributed by atoms with E-state index >= 15 is 0 Å². The fraction of sp³-hybridized carbons (Fsp3) is 0.250. The maximum absolute atomic E-state index is 13.9. The average Bonchev–Trinajstić information content (AvgIpc) is 2.39. The van der Waals surface area contributed by atoms with E-state index in [-0.39, 0.29) is 5.82 Å². The minimum atomic E-state index is -0.205. The molecular formula is C16H19FN2. The molecule has 0 aliphatic carbocycles. The Morgan fingerprint density at radius 2 is 1.89 bits per heavy atom. The molecule has 0 atom stereocenters. The number of nitrogens with two attached hydrogens (primary N) is 1. The van der Waals surface area contributed by atoms with Gasteiger partial charge in [0.05, 0.1) is 5.69 Å². The van der Waals surface area contributed by atoms with Crippen LogP contribution in [0.25, 0.3) is 0 Å². The predicted octanol–water partition coefficient (Wildman–Crippen LogP) is 3.10. The number of anilines is 1. The maximum Gasteiger partial charge on any atom is 0.146 e. The highest BCUT2D eigenvalue weighted by Crippen LogP contribution is 2.20. The van der Waals surface area contributed by atoms with Gasteiger partial charge in [-0.15, -0.1) is 0 Å². The largest absolute Gasteiger partial charge is 0.364 e. The molecule has 0 unspecified atom stereocenters. The summed E-state index contributed by atoms with van der Waals surface area (Å²) in [7, 11) is 0. The molecule has 0 spiro atoms. The lowest BCUT2D eigenvalue weighted by Gasteiger charge is -2.25. The summed E-state index contributed by atoms with van der Waals surface area (Å²) in [5.74, 6) is -0.205. The molecule has 2 nitrogen and oxygen atoms in total. The Bertz CT molecular complexity index is 540. The minimum absolute atomic E-state index is 0.205. The van der Waals surface area contributed by atoms with Gasteiger partial charge in [-0.1, -0.05) is 42.0 Å². The van der Waals surface area contributed by atoms with Gasteiger partial charge in [0.15, 0.2) is 0 Å². The Morgan fingerprint density at radius 3 is 2.58 bits per heavy atom. The predicted molar refractivity (Wildman–Crippen MR) is 77.7 cm³/mol. The summed E-state index contributed by atoms with van der Waals surface area (Å²) in [5.41, 5.74) is 8.61. The lowest BCUT2D eigenvalue weighted by Crippen LogP contribution is -2.29. The van der Waals surface area contributed by atoms with Crippen LogP contribution in [0.4, 0.5) is 10.1 Å². The molecule has 3 heteroatoms. The summed E-state index contributed by atoms with van der Waals surface area (Å²) in [6.07, 6.45) is 0. The van der Waals surface area contributed by atoms with Crippen LogP contribution in [0.2, 0.25) is 0 Å². The molecule has 19 heavy (non-hydrogen) atoms. The van der Waals surface area contributed by atoms with Crippen LogP contribution in [0.3, 0.4) is 0 Å². The van der Waals surface area contributed by atoms with Gasteiger partial charge in [0.1, 0.15) is 5.82 Å². The smallest absolute Gasteiger partial charge is 0.146 e. The first kappa shape index (κ1) is 13.6. The molecule has 2 rings (SSSR count). The summed E-state index contributed by atoms with van der Waals surface area (Å²) in [4.78, 5) is 1.98. The second kappa shape index (κ2) is 6.34. The molecule has 0 fully saturated rings. The minimum Gasteiger partial charge on any atom is -0.364 e. The molecule has 0 amide bonds. The van der Waals surface area contributed by atoms with Crippen molar-refractivity contribution in [2.75, 3.05) is 18.0 Å². The van der Waals surface area contributed by atoms with Crippen molar-refractivity contribution in [1.29, 1.82) is 0 Å². The Morgan fingerprint density at radius 1 is 1.11 bits per heavy atom. The van der Waals surface area contributed by atoms with Gasteiger partial charge in [-0.3, -0.25) is 0 Å². The van der Waals surface area contributed by atoms with Crippen molar-refractivity contribution in [1.82, 2.24) is 0 Å². The Balaban J connectivity index is 2.24. The number of rotatable bonds is 5. The van der Waals surface area contributed by atoms with Gasteiger partial charge >= 0.3 is 0 Å². The van der Waals surface area contributed by atoms with Gasteiger partial charge in [-0.05, 0) is 24.6 Å². The van der Waals surface area contributed by atoms with Crippen LogP contribution in [0.15, 0.2) is 48.5 Å². The average molecular weight is 258 g/mol. The molecule has 0 bridgehead atoms. The fourth-order valence-corrected chi connectivity index (χ4v) is 2.18. The molecule has 2 aromatic carbocycles. The van der Waals surface area contributed by atoms with Crippen molar-refractivity contribution in [3.8, 4) is 0 Å². The first-order valence-electron chi connectivity index (χ1n) is 6.46. The zero-order chi connectivity index (χ0) is 13.7. The molecule has 2 aromatic rings. The van der Waals surface area contributed by atoms with E-state index in [2.05, 4.69) is 25.1 Å². The van der Waals surface area contributed by atoms with Crippen LogP contribution in [0.5, 0.6) is 0 Å². The zero-order valence-corrected chi connectivity index (χ0v) is 11.1. The van der Waals surface area contributed by atoms with Crippen molar-refractivity contribution in [3.05, 3.63) is 65.5 Å². The molecular weight excluding hydrogens is 239 g/mol. The monoisotopic (exact) mass is 258 g/mol. The van der Waals surface area contributed by atoms with Gasteiger partial charge in [0, 0.05) is 19.6 Å². The second-order valence-corrected chi connectivity index (χ2v) is 4.65. The molecule has 0 aromatic heterocycles. The normalized spacial score (nSPS) is 10.5. The lowest BCUT2D eigenvalue weighted by atomic mass is 10.1. The molecule has 0 radical (unpaired) electrons. The third-order valence-corrected chi connectivity index (χ3v) is 3.05. The quantitative estimate of drug-likeness (QED) is 0.893. The van der Waals surface area contributed by atoms with Crippen LogP contribution in [0.1, 0.15) is 11.1 Å². The molecule has 0 saturated heterocycles. The number of aryl methyl sites for hydroxylation is 1. The molecule has 100 valence electrons. The molecule has 0 aliphatic heterocycles. The zero-order valence-electron chi connectivity index (χ0n) is 11.1. The number of hydrogen-bond acceptors (Lipinski definition) is 2. The number of halogens is 1. The number of benzene rings is 2. The molecule has 2 N–H and O–H groups in total. The molecule has 0 heterocycles. The van der Waals surface area contributed by atoms with Gasteiger partial charge in [-0.25, -0.2) is 4.39 Å². The van der Waals surface area contributed by atoms with Crippen molar-refractivity contribution >= 4 is 5.69 Å². The van der Waals surface area contributed by atoms with Crippen LogP contribution in [0, 0.1) is 12.7 Å². The first-order valence-corrected chi connectivity index (χ1v) is 6.46. The van der Waals surface area contributed by atoms with E-state index in [1.807, 2.05) is 17.0 Å². The number of hydrogen-bond donors (Lipinski definition) is 1. The highest BCUT2D eigenvalue weighted by atomic mass is 19.1. The summed E-state index contributed by atoms with van der Waals surface area (Å²) in [6.45, 7) is 3.86. The van der Waals surface area contributed by atoms with Crippen LogP contribution in [-0.4, -0.2) is 13.1 Å². The topological polar surface area (TPSA) is 29.3 Å². The highest BCUT2D eigenvalue weighted by molar-refractivity contribution is 5.48. The maximum atomic E-state index is 13.9. The van der Waals surface area contributed by atoms with E-state index in [1.165, 1.54) is 11.6 Å². The first-order chi connectivity index (χ1) is 9.20. The summed E-state index contributed by atoms with van der Waals surface area (Å²) in [5, 5.41) is 0. The Hall–Kier alpha value is -1.87. The Labute approximate surface area is 113 Å². The van der Waals surface area contributed by atoms with Gasteiger partial charge in [0.2, 0.25) is 0 Å². The van der Waals surface area contributed by atoms with Crippen LogP contribution >= 0.6 is 0 Å². The number of para-hydroxylation sites is 1. The molecule has 0 saturated carbocycles. The third kappa shape index (κ3) is 3.55. The standard InChI is InChI=1S/C16H19FN2/c1-13-5-4-6-14(11-13)12-19(10-9-18)16-8-3-2-7-15(16)17/h2-8,11H,9-10,12,18H2,1H3. The number of nitrogens with zero attached hydrogens (tertiary/aromatic N) is 1. The van der Waals surface area contributed by atoms with Crippen molar-refractivity contribution in [3.63, 3.8) is 0 Å². The van der Waals surface area contributed by atoms with Crippen molar-refractivity contribution in [2.24, 2.45) is 5.73 Å². The van der Waals surface area contributed by atoms with Gasteiger partial charge < -0.3 is 10.6 Å². The summed E-state index contributed by atoms with van der Waals surface area (Å²) in [6, 6.07) is 15.1. The lowest BCUT2D eigenvalue weighted by molar-refractivity contribution is 0.616. The van der Waals surface area contributed by atoms with E-state index in [0.717, 1.165) is 5.56 Å². The third-order valence-electron chi connectivity index (χ3n) is 3.05. The second-order valence-electron chi connectivity index (χ2n) is 4.65. The van der Waals surface area contributed by atoms with E-state index in [0.29, 0.717) is 25.3 Å². The molecule has 0 aliphatic rings. The van der Waals surface area contributed by atoms with Crippen molar-refractivity contribution < 1.29 is 4.39 Å². The summed E-state index contributed by atoms with van der Waals surface area (Å²) < 4.78 is 13.9. The van der Waals surface area contributed by atoms with E-state index in [1.54, 1.807) is 12.1 Å². The SMILES string of the molecule is Cc1cccc(CN(CCN)c2ccccc2F)c1. The highest BCUT2D eigenvalue weighted by Gasteiger charge is 2.10. The van der Waals surface area contributed by atoms with Crippen molar-refractivity contribution in [2.45, 2.75) is 13.5 Å². The van der Waals surface area contributed by atoms with Crippen LogP contribution < -0.4 is 10.6 Å². The van der Waals surface area contributed by atoms with E-state index < -0.39 is 0 Å². The summed E-state index contributed by atoms with van der Waals surface area (Å²) >= 11 is 0. The Kier molecular flexibility index (Phi) is 4.53.